The first-order valence-electron chi connectivity index (χ1n) is 10.9. The summed E-state index contributed by atoms with van der Waals surface area (Å²) in [6.07, 6.45) is 1.68. The number of hydrogen-bond donors (Lipinski definition) is 1. The van der Waals surface area contributed by atoms with Gasteiger partial charge in [0.15, 0.2) is 0 Å². The third-order valence-electron chi connectivity index (χ3n) is 6.43. The Morgan fingerprint density at radius 3 is 2.23 bits per heavy atom. The number of amides is 1. The Bertz CT molecular complexity index is 825. The zero-order valence-electron chi connectivity index (χ0n) is 17.8. The maximum Gasteiger partial charge on any atom is 0.415 e. The fourth-order valence-electron chi connectivity index (χ4n) is 4.59. The average Bonchev–Trinajstić information content (AvgIpc) is 2.80. The summed E-state index contributed by atoms with van der Waals surface area (Å²) in [4.78, 5) is 16.9. The molecule has 1 amide bonds. The van der Waals surface area contributed by atoms with Gasteiger partial charge in [0.1, 0.15) is 11.8 Å². The summed E-state index contributed by atoms with van der Waals surface area (Å²) in [5, 5.41) is 0. The molecule has 160 valence electrons. The lowest BCUT2D eigenvalue weighted by atomic mass is 9.80. The molecule has 6 heteroatoms. The van der Waals surface area contributed by atoms with Gasteiger partial charge in [-0.2, -0.15) is 0 Å². The van der Waals surface area contributed by atoms with E-state index in [1.54, 1.807) is 0 Å². The van der Waals surface area contributed by atoms with Crippen LogP contribution >= 0.6 is 0 Å². The smallest absolute Gasteiger partial charge is 0.410 e. The van der Waals surface area contributed by atoms with E-state index in [4.69, 9.17) is 9.47 Å². The van der Waals surface area contributed by atoms with E-state index in [2.05, 4.69) is 41.8 Å². The molecule has 2 aliphatic rings. The van der Waals surface area contributed by atoms with Crippen LogP contribution in [0.5, 0.6) is 5.75 Å². The number of carbonyl (C=O) groups is 1. The highest BCUT2D eigenvalue weighted by Crippen LogP contribution is 2.39. The molecule has 0 bridgehead atoms. The number of piperazine rings is 1. The van der Waals surface area contributed by atoms with Crippen molar-refractivity contribution in [1.82, 2.24) is 9.80 Å². The highest BCUT2D eigenvalue weighted by molar-refractivity contribution is 5.70. The zero-order chi connectivity index (χ0) is 21.0. The predicted molar refractivity (Wildman–Crippen MR) is 115 cm³/mol. The van der Waals surface area contributed by atoms with Crippen LogP contribution in [0, 0.1) is 0 Å². The lowest BCUT2D eigenvalue weighted by molar-refractivity contribution is -0.420. The van der Waals surface area contributed by atoms with Crippen molar-refractivity contribution in [3.8, 4) is 5.75 Å². The van der Waals surface area contributed by atoms with Crippen molar-refractivity contribution in [2.24, 2.45) is 0 Å². The van der Waals surface area contributed by atoms with Crippen LogP contribution in [0.15, 0.2) is 54.6 Å². The number of hydrogen-bond acceptors (Lipinski definition) is 4. The molecule has 4 rings (SSSR count). The molecule has 3 N–H and O–H groups in total. The van der Waals surface area contributed by atoms with E-state index >= 15 is 0 Å². The fraction of sp³-hybridized carbons (Fsp3) is 0.458. The number of ether oxygens (including phenoxy) is 2. The van der Waals surface area contributed by atoms with E-state index in [1.807, 2.05) is 35.2 Å². The Morgan fingerprint density at radius 1 is 1.00 bits per heavy atom. The van der Waals surface area contributed by atoms with Crippen molar-refractivity contribution < 1.29 is 20.0 Å². The second kappa shape index (κ2) is 9.16. The number of rotatable bonds is 4. The van der Waals surface area contributed by atoms with E-state index in [9.17, 15) is 4.79 Å². The van der Waals surface area contributed by atoms with Crippen molar-refractivity contribution in [3.05, 3.63) is 65.7 Å². The highest BCUT2D eigenvalue weighted by atomic mass is 16.6. The topological polar surface area (TPSA) is 69.7 Å². The zero-order valence-corrected chi connectivity index (χ0v) is 17.8. The van der Waals surface area contributed by atoms with Gasteiger partial charge in [-0.1, -0.05) is 42.5 Å². The van der Waals surface area contributed by atoms with E-state index in [-0.39, 0.29) is 17.7 Å². The van der Waals surface area contributed by atoms with Crippen molar-refractivity contribution in [2.75, 3.05) is 39.4 Å². The van der Waals surface area contributed by atoms with Gasteiger partial charge < -0.3 is 20.1 Å². The number of quaternary nitrogens is 1. The number of benzene rings is 2. The monoisotopic (exact) mass is 410 g/mol. The third-order valence-corrected chi connectivity index (χ3v) is 6.43. The maximum absolute atomic E-state index is 12.6. The van der Waals surface area contributed by atoms with Crippen molar-refractivity contribution in [1.29, 1.82) is 0 Å². The molecule has 30 heavy (non-hydrogen) atoms. The van der Waals surface area contributed by atoms with Crippen molar-refractivity contribution in [3.63, 3.8) is 0 Å². The van der Waals surface area contributed by atoms with Gasteiger partial charge in [0.2, 0.25) is 0 Å². The summed E-state index contributed by atoms with van der Waals surface area (Å²) >= 11 is 0. The molecule has 1 unspecified atom stereocenters. The Hall–Kier alpha value is -2.41. The van der Waals surface area contributed by atoms with Crippen LogP contribution in [-0.4, -0.2) is 55.3 Å². The molecule has 2 aliphatic heterocycles. The minimum Gasteiger partial charge on any atom is -0.410 e. The molecule has 2 heterocycles. The van der Waals surface area contributed by atoms with Crippen LogP contribution in [0.1, 0.15) is 36.9 Å². The van der Waals surface area contributed by atoms with E-state index < -0.39 is 0 Å². The quantitative estimate of drug-likeness (QED) is 0.842. The van der Waals surface area contributed by atoms with Gasteiger partial charge in [0.05, 0.1) is 5.54 Å². The van der Waals surface area contributed by atoms with Crippen molar-refractivity contribution in [2.45, 2.75) is 31.3 Å². The normalized spacial score (nSPS) is 20.5. The molecule has 0 radical (unpaired) electrons. The highest BCUT2D eigenvalue weighted by Gasteiger charge is 2.41. The van der Waals surface area contributed by atoms with Gasteiger partial charge in [-0.05, 0) is 37.5 Å². The van der Waals surface area contributed by atoms with E-state index in [0.717, 1.165) is 39.1 Å². The first kappa shape index (κ1) is 20.8. The second-order valence-corrected chi connectivity index (χ2v) is 8.32. The number of carbonyl (C=O) groups excluding carboxylic acids is 1. The Morgan fingerprint density at radius 2 is 1.63 bits per heavy atom. The van der Waals surface area contributed by atoms with Gasteiger partial charge >= 0.3 is 6.09 Å². The summed E-state index contributed by atoms with van der Waals surface area (Å²) < 4.78 is 11.2. The Kier molecular flexibility index (Phi) is 6.37. The SMILES string of the molecule is CC([NH3+])c1ccc(C2(N3CCN(C(=O)Oc4ccccc4)CC3)CCOCC2)cc1. The summed E-state index contributed by atoms with van der Waals surface area (Å²) in [5.74, 6) is 0.588. The molecule has 0 spiro atoms. The van der Waals surface area contributed by atoms with Crippen LogP contribution < -0.4 is 10.5 Å². The molecule has 2 fully saturated rings. The molecule has 0 aliphatic carbocycles. The standard InChI is InChI=1S/C24H31N3O3/c1-19(25)20-7-9-21(10-8-20)24(11-17-29-18-12-24)27-15-13-26(14-16-27)23(28)30-22-5-3-2-4-6-22/h2-10,19H,11-18,25H2,1H3/p+1. The summed E-state index contributed by atoms with van der Waals surface area (Å²) in [6, 6.07) is 18.5. The molecule has 6 nitrogen and oxygen atoms in total. The lowest BCUT2D eigenvalue weighted by Gasteiger charge is -2.49. The second-order valence-electron chi connectivity index (χ2n) is 8.32. The van der Waals surface area contributed by atoms with Crippen LogP contribution in [0.4, 0.5) is 4.79 Å². The molecule has 2 aromatic rings. The van der Waals surface area contributed by atoms with E-state index in [1.165, 1.54) is 11.1 Å². The minimum absolute atomic E-state index is 0.0311. The third kappa shape index (κ3) is 4.36. The van der Waals surface area contributed by atoms with Gasteiger partial charge in [0.25, 0.3) is 0 Å². The summed E-state index contributed by atoms with van der Waals surface area (Å²) in [6.45, 7) is 6.65. The molecule has 2 aromatic carbocycles. The van der Waals surface area contributed by atoms with Crippen molar-refractivity contribution >= 4 is 6.09 Å². The first-order valence-corrected chi connectivity index (χ1v) is 10.9. The number of para-hydroxylation sites is 1. The molecule has 1 atom stereocenters. The Balaban J connectivity index is 1.45. The molecule has 0 saturated carbocycles. The minimum atomic E-state index is -0.268. The van der Waals surface area contributed by atoms with Crippen LogP contribution in [0.25, 0.3) is 0 Å². The molecule has 2 saturated heterocycles. The largest absolute Gasteiger partial charge is 0.415 e. The van der Waals surface area contributed by atoms with Crippen LogP contribution in [0.2, 0.25) is 0 Å². The predicted octanol–water partition coefficient (Wildman–Crippen LogP) is 2.81. The van der Waals surface area contributed by atoms with Gasteiger partial charge in [-0.25, -0.2) is 4.79 Å². The fourth-order valence-corrected chi connectivity index (χ4v) is 4.59. The average molecular weight is 411 g/mol. The van der Waals surface area contributed by atoms with Gasteiger partial charge in [0, 0.05) is 45.0 Å². The molecular formula is C24H32N3O3+. The molecule has 0 aromatic heterocycles. The molecular weight excluding hydrogens is 378 g/mol. The van der Waals surface area contributed by atoms with Crippen LogP contribution in [0.3, 0.4) is 0 Å². The lowest BCUT2D eigenvalue weighted by Crippen LogP contribution is -2.58. The summed E-state index contributed by atoms with van der Waals surface area (Å²) in [5.41, 5.74) is 6.70. The Labute approximate surface area is 178 Å². The van der Waals surface area contributed by atoms with E-state index in [0.29, 0.717) is 18.8 Å². The van der Waals surface area contributed by atoms with Crippen LogP contribution in [-0.2, 0) is 10.3 Å². The first-order chi connectivity index (χ1) is 14.6. The van der Waals surface area contributed by atoms with Gasteiger partial charge in [-0.3, -0.25) is 4.90 Å². The van der Waals surface area contributed by atoms with Gasteiger partial charge in [-0.15, -0.1) is 0 Å². The maximum atomic E-state index is 12.6. The summed E-state index contributed by atoms with van der Waals surface area (Å²) in [7, 11) is 0. The number of nitrogens with zero attached hydrogens (tertiary/aromatic N) is 2.